The van der Waals surface area contributed by atoms with Crippen LogP contribution >= 0.6 is 34.2 Å². The zero-order chi connectivity index (χ0) is 11.8. The normalized spacial score (nSPS) is 16.1. The highest BCUT2D eigenvalue weighted by Gasteiger charge is 2.27. The van der Waals surface area contributed by atoms with Crippen molar-refractivity contribution in [2.75, 3.05) is 4.72 Å². The summed E-state index contributed by atoms with van der Waals surface area (Å²) >= 11 is 8.04. The van der Waals surface area contributed by atoms with Crippen LogP contribution < -0.4 is 9.44 Å². The van der Waals surface area contributed by atoms with Gasteiger partial charge < -0.3 is 0 Å². The fourth-order valence-electron chi connectivity index (χ4n) is 1.17. The van der Waals surface area contributed by atoms with Crippen LogP contribution in [0.4, 0.5) is 5.69 Å². The third kappa shape index (κ3) is 3.47. The number of benzene rings is 1. The van der Waals surface area contributed by atoms with Gasteiger partial charge >= 0.3 is 0 Å². The molecule has 0 unspecified atom stereocenters. The third-order valence-electron chi connectivity index (χ3n) is 2.07. The van der Waals surface area contributed by atoms with Gasteiger partial charge in [0, 0.05) is 9.61 Å². The van der Waals surface area contributed by atoms with E-state index in [1.807, 2.05) is 0 Å². The first kappa shape index (κ1) is 12.4. The Labute approximate surface area is 113 Å². The Morgan fingerprint density at radius 3 is 2.62 bits per heavy atom. The minimum Gasteiger partial charge on any atom is -0.270 e. The monoisotopic (exact) mass is 372 g/mol. The van der Waals surface area contributed by atoms with Crippen LogP contribution in [0.25, 0.3) is 0 Å². The van der Waals surface area contributed by atoms with Gasteiger partial charge in [-0.3, -0.25) is 4.72 Å². The number of rotatable bonds is 4. The molecule has 4 nitrogen and oxygen atoms in total. The van der Waals surface area contributed by atoms with Crippen LogP contribution in [-0.2, 0) is 10.2 Å². The largest absolute Gasteiger partial charge is 0.299 e. The van der Waals surface area contributed by atoms with Gasteiger partial charge in [-0.2, -0.15) is 13.1 Å². The maximum absolute atomic E-state index is 11.6. The van der Waals surface area contributed by atoms with E-state index in [2.05, 4.69) is 32.0 Å². The lowest BCUT2D eigenvalue weighted by molar-refractivity contribution is 0.586. The lowest BCUT2D eigenvalue weighted by Gasteiger charge is -2.10. The van der Waals surface area contributed by atoms with Crippen molar-refractivity contribution in [3.63, 3.8) is 0 Å². The Kier molecular flexibility index (Phi) is 3.62. The van der Waals surface area contributed by atoms with Crippen molar-refractivity contribution in [2.45, 2.75) is 18.9 Å². The molecule has 1 aromatic rings. The summed E-state index contributed by atoms with van der Waals surface area (Å²) in [5.41, 5.74) is 0.398. The highest BCUT2D eigenvalue weighted by molar-refractivity contribution is 14.1. The average molecular weight is 373 g/mol. The van der Waals surface area contributed by atoms with Gasteiger partial charge in [0.05, 0.1) is 10.7 Å². The predicted octanol–water partition coefficient (Wildman–Crippen LogP) is 2.35. The summed E-state index contributed by atoms with van der Waals surface area (Å²) in [5.74, 6) is 0. The summed E-state index contributed by atoms with van der Waals surface area (Å²) in [6.07, 6.45) is 1.81. The Morgan fingerprint density at radius 2 is 2.06 bits per heavy atom. The molecular formula is C9H10ClIN2O2S. The summed E-state index contributed by atoms with van der Waals surface area (Å²) in [5, 5.41) is 0.396. The molecule has 0 aliphatic heterocycles. The molecule has 0 radical (unpaired) electrons. The van der Waals surface area contributed by atoms with E-state index in [9.17, 15) is 8.42 Å². The van der Waals surface area contributed by atoms with E-state index < -0.39 is 10.2 Å². The second kappa shape index (κ2) is 4.67. The number of anilines is 1. The van der Waals surface area contributed by atoms with Crippen molar-refractivity contribution in [1.29, 1.82) is 0 Å². The van der Waals surface area contributed by atoms with E-state index in [-0.39, 0.29) is 6.04 Å². The molecule has 16 heavy (non-hydrogen) atoms. The zero-order valence-electron chi connectivity index (χ0n) is 8.20. The molecule has 7 heteroatoms. The first-order valence-electron chi connectivity index (χ1n) is 4.71. The molecule has 1 aliphatic rings. The lowest BCUT2D eigenvalue weighted by atomic mass is 10.3. The molecule has 1 aliphatic carbocycles. The summed E-state index contributed by atoms with van der Waals surface area (Å²) in [4.78, 5) is 0. The Bertz CT molecular complexity index is 502. The molecule has 2 N–H and O–H groups in total. The van der Waals surface area contributed by atoms with Gasteiger partial charge in [-0.25, -0.2) is 0 Å². The van der Waals surface area contributed by atoms with Crippen LogP contribution in [0.3, 0.4) is 0 Å². The molecule has 1 saturated carbocycles. The first-order chi connectivity index (χ1) is 7.46. The summed E-state index contributed by atoms with van der Waals surface area (Å²) in [6, 6.07) is 5.23. The van der Waals surface area contributed by atoms with E-state index in [0.717, 1.165) is 16.4 Å². The van der Waals surface area contributed by atoms with Gasteiger partial charge in [0.2, 0.25) is 0 Å². The minimum absolute atomic E-state index is 0.0834. The zero-order valence-corrected chi connectivity index (χ0v) is 11.9. The minimum atomic E-state index is -3.49. The van der Waals surface area contributed by atoms with E-state index in [4.69, 9.17) is 11.6 Å². The topological polar surface area (TPSA) is 58.2 Å². The maximum Gasteiger partial charge on any atom is 0.299 e. The molecule has 0 bridgehead atoms. The summed E-state index contributed by atoms with van der Waals surface area (Å²) < 4.78 is 29.1. The maximum atomic E-state index is 11.6. The van der Waals surface area contributed by atoms with Crippen LogP contribution in [0.5, 0.6) is 0 Å². The molecule has 2 rings (SSSR count). The molecule has 0 heterocycles. The Hall–Kier alpha value is -0.0500. The van der Waals surface area contributed by atoms with Crippen LogP contribution in [-0.4, -0.2) is 14.5 Å². The van der Waals surface area contributed by atoms with Crippen molar-refractivity contribution in [2.24, 2.45) is 0 Å². The van der Waals surface area contributed by atoms with E-state index in [1.165, 1.54) is 0 Å². The van der Waals surface area contributed by atoms with Crippen molar-refractivity contribution in [1.82, 2.24) is 4.72 Å². The second-order valence-corrected chi connectivity index (χ2v) is 6.72. The van der Waals surface area contributed by atoms with Gasteiger partial charge in [-0.1, -0.05) is 11.6 Å². The van der Waals surface area contributed by atoms with Gasteiger partial charge in [-0.15, -0.1) is 0 Å². The molecule has 88 valence electrons. The van der Waals surface area contributed by atoms with Crippen molar-refractivity contribution in [3.8, 4) is 0 Å². The van der Waals surface area contributed by atoms with E-state index in [0.29, 0.717) is 10.7 Å². The number of hydrogen-bond acceptors (Lipinski definition) is 2. The van der Waals surface area contributed by atoms with Crippen LogP contribution in [0.15, 0.2) is 18.2 Å². The Morgan fingerprint density at radius 1 is 1.38 bits per heavy atom. The fourth-order valence-corrected chi connectivity index (χ4v) is 3.33. The van der Waals surface area contributed by atoms with Gasteiger partial charge in [0.1, 0.15) is 0 Å². The number of halogens is 2. The van der Waals surface area contributed by atoms with Crippen LogP contribution in [0, 0.1) is 3.57 Å². The summed E-state index contributed by atoms with van der Waals surface area (Å²) in [6.45, 7) is 0. The second-order valence-electron chi connectivity index (χ2n) is 3.62. The molecule has 0 atom stereocenters. The summed E-state index contributed by atoms with van der Waals surface area (Å²) in [7, 11) is -3.49. The highest BCUT2D eigenvalue weighted by atomic mass is 127. The molecule has 0 aromatic heterocycles. The number of nitrogens with one attached hydrogen (secondary N) is 2. The number of hydrogen-bond donors (Lipinski definition) is 2. The van der Waals surface area contributed by atoms with Crippen molar-refractivity contribution < 1.29 is 8.42 Å². The molecule has 0 amide bonds. The quantitative estimate of drug-likeness (QED) is 0.797. The van der Waals surface area contributed by atoms with E-state index in [1.54, 1.807) is 18.2 Å². The third-order valence-corrected chi connectivity index (χ3v) is 4.19. The predicted molar refractivity (Wildman–Crippen MR) is 72.9 cm³/mol. The lowest BCUT2D eigenvalue weighted by Crippen LogP contribution is -2.31. The molecule has 0 saturated heterocycles. The molecular weight excluding hydrogens is 363 g/mol. The highest BCUT2D eigenvalue weighted by Crippen LogP contribution is 2.25. The fraction of sp³-hybridized carbons (Fsp3) is 0.333. The van der Waals surface area contributed by atoms with Gasteiger partial charge in [0.15, 0.2) is 0 Å². The van der Waals surface area contributed by atoms with Crippen LogP contribution in [0.2, 0.25) is 5.02 Å². The molecule has 1 aromatic carbocycles. The smallest absolute Gasteiger partial charge is 0.270 e. The van der Waals surface area contributed by atoms with E-state index >= 15 is 0 Å². The molecule has 1 fully saturated rings. The first-order valence-corrected chi connectivity index (χ1v) is 7.65. The van der Waals surface area contributed by atoms with Crippen LogP contribution in [0.1, 0.15) is 12.8 Å². The SMILES string of the molecule is O=S(=O)(Nc1ccc(I)cc1Cl)NC1CC1. The van der Waals surface area contributed by atoms with Crippen molar-refractivity contribution >= 4 is 50.1 Å². The Balaban J connectivity index is 2.13. The van der Waals surface area contributed by atoms with Gasteiger partial charge in [-0.05, 0) is 53.6 Å². The van der Waals surface area contributed by atoms with Gasteiger partial charge in [0.25, 0.3) is 10.2 Å². The van der Waals surface area contributed by atoms with Crippen molar-refractivity contribution in [3.05, 3.63) is 26.8 Å². The standard InChI is InChI=1S/C9H10ClIN2O2S/c10-8-5-6(11)1-4-9(8)13-16(14,15)12-7-2-3-7/h1,4-5,7,12-13H,2-3H2. The average Bonchev–Trinajstić information content (AvgIpc) is 2.93. The molecule has 0 spiro atoms.